The Hall–Kier alpha value is -2.55. The number of hydrogen-bond acceptors (Lipinski definition) is 7. The van der Waals surface area contributed by atoms with E-state index in [-0.39, 0.29) is 25.2 Å². The van der Waals surface area contributed by atoms with Gasteiger partial charge in [-0.2, -0.15) is 26.3 Å². The molecule has 0 bridgehead atoms. The highest BCUT2D eigenvalue weighted by Gasteiger charge is 2.58. The molecule has 0 heterocycles. The van der Waals surface area contributed by atoms with Gasteiger partial charge in [0.05, 0.1) is 6.04 Å². The smallest absolute Gasteiger partial charge is 0.423 e. The van der Waals surface area contributed by atoms with Gasteiger partial charge in [-0.25, -0.2) is 4.79 Å². The van der Waals surface area contributed by atoms with Gasteiger partial charge in [0.25, 0.3) is 5.91 Å². The molecule has 3 N–H and O–H groups in total. The quantitative estimate of drug-likeness (QED) is 0.244. The van der Waals surface area contributed by atoms with Gasteiger partial charge in [0.2, 0.25) is 6.10 Å². The summed E-state index contributed by atoms with van der Waals surface area (Å²) in [5.74, 6) is -1.99. The van der Waals surface area contributed by atoms with E-state index in [9.17, 15) is 40.7 Å². The zero-order chi connectivity index (χ0) is 28.5. The molecule has 15 heteroatoms. The van der Waals surface area contributed by atoms with E-state index in [1.165, 1.54) is 21.0 Å². The number of ether oxygens (including phenoxy) is 3. The molecular weight excluding hydrogens is 504 g/mol. The van der Waals surface area contributed by atoms with Gasteiger partial charge in [0.15, 0.2) is 5.78 Å². The molecule has 210 valence electrons. The molecule has 0 aliphatic rings. The highest BCUT2D eigenvalue weighted by molar-refractivity contribution is 5.92. The van der Waals surface area contributed by atoms with E-state index in [1.54, 1.807) is 20.8 Å². The van der Waals surface area contributed by atoms with Crippen molar-refractivity contribution < 1.29 is 54.9 Å². The van der Waals surface area contributed by atoms with E-state index in [0.29, 0.717) is 0 Å². The third-order valence-corrected chi connectivity index (χ3v) is 4.40. The Morgan fingerprint density at radius 1 is 0.944 bits per heavy atom. The Balaban J connectivity index is 5.16. The van der Waals surface area contributed by atoms with Crippen molar-refractivity contribution in [1.29, 1.82) is 0 Å². The summed E-state index contributed by atoms with van der Waals surface area (Å²) in [6, 6.07) is -1.48. The highest BCUT2D eigenvalue weighted by atomic mass is 19.4. The average molecular weight is 537 g/mol. The molecule has 0 aromatic rings. The lowest BCUT2D eigenvalue weighted by molar-refractivity contribution is -0.319. The van der Waals surface area contributed by atoms with Crippen LogP contribution in [0, 0.1) is 0 Å². The lowest BCUT2D eigenvalue weighted by atomic mass is 10.0. The van der Waals surface area contributed by atoms with Gasteiger partial charge in [-0.1, -0.05) is 6.58 Å². The molecule has 0 aromatic heterocycles. The van der Waals surface area contributed by atoms with E-state index in [2.05, 4.69) is 27.3 Å². The number of ketones is 1. The Bertz CT molecular complexity index is 764. The lowest BCUT2D eigenvalue weighted by Crippen LogP contribution is -2.52. The summed E-state index contributed by atoms with van der Waals surface area (Å²) < 4.78 is 90.0. The molecule has 0 radical (unpaired) electrons. The number of carbonyl (C=O) groups excluding carboxylic acids is 3. The third-order valence-electron chi connectivity index (χ3n) is 4.40. The number of nitrogens with one attached hydrogen (secondary N) is 3. The Morgan fingerprint density at radius 3 is 1.92 bits per heavy atom. The summed E-state index contributed by atoms with van der Waals surface area (Å²) in [5, 5.41) is 7.27. The van der Waals surface area contributed by atoms with Gasteiger partial charge in [0, 0.05) is 13.7 Å². The van der Waals surface area contributed by atoms with E-state index in [4.69, 9.17) is 9.47 Å². The first-order chi connectivity index (χ1) is 16.1. The molecule has 0 aliphatic carbocycles. The Kier molecular flexibility index (Phi) is 12.2. The standard InChI is InChI=1S/C21H33F6N3O6/c1-12(29-17(33)36-18(2,3)4)28-10-8-9-13(30-16(32)19(5,6)34-7)14(31)11-35-15(20(22,23)24)21(25,26)27/h13,15,28H,1,8-11H2,2-7H3,(H,29,33)(H,30,32)/t13-/m0/s1. The summed E-state index contributed by atoms with van der Waals surface area (Å²) in [7, 11) is 1.20. The summed E-state index contributed by atoms with van der Waals surface area (Å²) in [5.41, 5.74) is -2.20. The van der Waals surface area contributed by atoms with Crippen molar-refractivity contribution in [2.24, 2.45) is 0 Å². The normalized spacial score (nSPS) is 13.7. The van der Waals surface area contributed by atoms with Crippen molar-refractivity contribution in [3.05, 3.63) is 12.4 Å². The van der Waals surface area contributed by atoms with Crippen LogP contribution in [0.25, 0.3) is 0 Å². The minimum absolute atomic E-state index is 0.0400. The van der Waals surface area contributed by atoms with Crippen LogP contribution in [0.5, 0.6) is 0 Å². The molecule has 0 fully saturated rings. The van der Waals surface area contributed by atoms with E-state index in [0.717, 1.165) is 0 Å². The summed E-state index contributed by atoms with van der Waals surface area (Å²) in [4.78, 5) is 36.5. The van der Waals surface area contributed by atoms with Crippen molar-refractivity contribution >= 4 is 17.8 Å². The van der Waals surface area contributed by atoms with Crippen LogP contribution in [0.2, 0.25) is 0 Å². The maximum atomic E-state index is 12.7. The van der Waals surface area contributed by atoms with Crippen LogP contribution < -0.4 is 16.0 Å². The summed E-state index contributed by atoms with van der Waals surface area (Å²) in [6.07, 6.45) is -16.6. The fourth-order valence-corrected chi connectivity index (χ4v) is 2.40. The second-order valence-corrected chi connectivity index (χ2v) is 9.16. The van der Waals surface area contributed by atoms with Crippen molar-refractivity contribution in [3.63, 3.8) is 0 Å². The second-order valence-electron chi connectivity index (χ2n) is 9.16. The number of carbonyl (C=O) groups is 3. The third kappa shape index (κ3) is 13.0. The number of halogens is 6. The van der Waals surface area contributed by atoms with Crippen LogP contribution in [-0.2, 0) is 23.8 Å². The van der Waals surface area contributed by atoms with Gasteiger partial charge in [0.1, 0.15) is 23.6 Å². The number of methoxy groups -OCH3 is 1. The molecule has 2 amide bonds. The van der Waals surface area contributed by atoms with Crippen LogP contribution >= 0.6 is 0 Å². The van der Waals surface area contributed by atoms with Gasteiger partial charge in [-0.3, -0.25) is 14.9 Å². The first-order valence-corrected chi connectivity index (χ1v) is 10.7. The monoisotopic (exact) mass is 537 g/mol. The fourth-order valence-electron chi connectivity index (χ4n) is 2.40. The minimum atomic E-state index is -5.79. The molecule has 36 heavy (non-hydrogen) atoms. The minimum Gasteiger partial charge on any atom is -0.444 e. The number of alkyl halides is 6. The molecule has 9 nitrogen and oxygen atoms in total. The highest BCUT2D eigenvalue weighted by Crippen LogP contribution is 2.35. The van der Waals surface area contributed by atoms with Crippen LogP contribution in [0.15, 0.2) is 12.4 Å². The fraction of sp³-hybridized carbons (Fsp3) is 0.762. The first-order valence-electron chi connectivity index (χ1n) is 10.7. The predicted molar refractivity (Wildman–Crippen MR) is 116 cm³/mol. The molecule has 0 aliphatic heterocycles. The molecule has 0 saturated carbocycles. The lowest BCUT2D eigenvalue weighted by Gasteiger charge is -2.27. The van der Waals surface area contributed by atoms with Crippen molar-refractivity contribution in [2.45, 2.75) is 83.2 Å². The van der Waals surface area contributed by atoms with Gasteiger partial charge in [-0.15, -0.1) is 0 Å². The van der Waals surface area contributed by atoms with Gasteiger partial charge < -0.3 is 24.8 Å². The number of alkyl carbamates (subject to hydrolysis) is 1. The zero-order valence-corrected chi connectivity index (χ0v) is 20.9. The van der Waals surface area contributed by atoms with E-state index < -0.39 is 60.1 Å². The van der Waals surface area contributed by atoms with Crippen LogP contribution in [-0.4, -0.2) is 73.7 Å². The molecule has 0 unspecified atom stereocenters. The Labute approximate surface area is 205 Å². The summed E-state index contributed by atoms with van der Waals surface area (Å²) in [6.45, 7) is 9.70. The summed E-state index contributed by atoms with van der Waals surface area (Å²) >= 11 is 0. The molecular formula is C21H33F6N3O6. The SMILES string of the molecule is C=C(NCCC[C@H](NC(=O)C(C)(C)OC)C(=O)COC(C(F)(F)F)C(F)(F)F)NC(=O)OC(C)(C)C. The van der Waals surface area contributed by atoms with Crippen molar-refractivity contribution in [2.75, 3.05) is 20.3 Å². The van der Waals surface area contributed by atoms with Crippen molar-refractivity contribution in [3.8, 4) is 0 Å². The Morgan fingerprint density at radius 2 is 1.47 bits per heavy atom. The molecule has 1 atom stereocenters. The number of amides is 2. The second kappa shape index (κ2) is 13.1. The maximum absolute atomic E-state index is 12.7. The van der Waals surface area contributed by atoms with Gasteiger partial charge >= 0.3 is 18.4 Å². The molecule has 0 saturated heterocycles. The molecule has 0 spiro atoms. The van der Waals surface area contributed by atoms with E-state index in [1.807, 2.05) is 0 Å². The van der Waals surface area contributed by atoms with Crippen molar-refractivity contribution in [1.82, 2.24) is 16.0 Å². The van der Waals surface area contributed by atoms with Gasteiger partial charge in [-0.05, 0) is 47.5 Å². The first kappa shape index (κ1) is 33.4. The largest absolute Gasteiger partial charge is 0.444 e. The average Bonchev–Trinajstić information content (AvgIpc) is 2.66. The van der Waals surface area contributed by atoms with E-state index >= 15 is 0 Å². The topological polar surface area (TPSA) is 115 Å². The van der Waals surface area contributed by atoms with Crippen LogP contribution in [0.4, 0.5) is 31.1 Å². The number of rotatable bonds is 13. The predicted octanol–water partition coefficient (Wildman–Crippen LogP) is 3.34. The number of Topliss-reactive ketones (excluding diaryl/α,β-unsaturated/α-hetero) is 1. The van der Waals surface area contributed by atoms with Crippen LogP contribution in [0.1, 0.15) is 47.5 Å². The molecule has 0 rings (SSSR count). The zero-order valence-electron chi connectivity index (χ0n) is 20.9. The maximum Gasteiger partial charge on any atom is 0.423 e. The number of hydrogen-bond donors (Lipinski definition) is 3. The van der Waals surface area contributed by atoms with Crippen LogP contribution in [0.3, 0.4) is 0 Å². The molecule has 0 aromatic carbocycles.